The maximum atomic E-state index is 13.0. The molecule has 0 saturated carbocycles. The van der Waals surface area contributed by atoms with E-state index in [-0.39, 0.29) is 36.9 Å². The topological polar surface area (TPSA) is 117 Å². The second kappa shape index (κ2) is 11.7. The van der Waals surface area contributed by atoms with E-state index in [1.54, 1.807) is 23.1 Å². The number of fused-ring (bicyclic) bond motifs is 1. The molecule has 1 amide bonds. The number of carbonyl (C=O) groups is 2. The monoisotopic (exact) mass is 469 g/mol. The van der Waals surface area contributed by atoms with E-state index in [9.17, 15) is 22.8 Å². The van der Waals surface area contributed by atoms with Crippen molar-refractivity contribution >= 4 is 23.3 Å². The van der Waals surface area contributed by atoms with Gasteiger partial charge in [-0.25, -0.2) is 0 Å². The lowest BCUT2D eigenvalue weighted by molar-refractivity contribution is -0.137. The van der Waals surface area contributed by atoms with E-state index in [1.807, 2.05) is 13.8 Å². The molecular weight excluding hydrogens is 441 g/mol. The van der Waals surface area contributed by atoms with Crippen molar-refractivity contribution in [1.82, 2.24) is 5.32 Å². The molecule has 0 saturated heterocycles. The molecule has 0 aliphatic carbocycles. The van der Waals surface area contributed by atoms with Crippen LogP contribution in [-0.4, -0.2) is 61.7 Å². The van der Waals surface area contributed by atoms with Crippen LogP contribution in [0.3, 0.4) is 0 Å². The molecule has 11 heteroatoms. The van der Waals surface area contributed by atoms with E-state index in [4.69, 9.17) is 15.3 Å². The number of nitrogens with one attached hydrogen (secondary N) is 2. The average molecular weight is 469 g/mol. The van der Waals surface area contributed by atoms with Crippen molar-refractivity contribution in [3.63, 3.8) is 0 Å². The third-order valence-corrected chi connectivity index (χ3v) is 4.76. The van der Waals surface area contributed by atoms with E-state index < -0.39 is 24.5 Å². The summed E-state index contributed by atoms with van der Waals surface area (Å²) in [5.74, 6) is -0.667. The number of ether oxygens (including phenoxy) is 1. The maximum Gasteiger partial charge on any atom is 0.432 e. The van der Waals surface area contributed by atoms with Crippen LogP contribution < -0.4 is 15.0 Å². The fraction of sp³-hybridized carbons (Fsp3) is 0.500. The Hall–Kier alpha value is -3.08. The van der Waals surface area contributed by atoms with Crippen LogP contribution in [0.4, 0.5) is 18.9 Å². The molecule has 1 aromatic carbocycles. The van der Waals surface area contributed by atoms with Gasteiger partial charge < -0.3 is 25.4 Å². The number of aliphatic carboxylic acids is 1. The summed E-state index contributed by atoms with van der Waals surface area (Å²) in [5.41, 5.74) is -0.373. The van der Waals surface area contributed by atoms with E-state index in [1.165, 1.54) is 0 Å². The Morgan fingerprint density at radius 1 is 1.36 bits per heavy atom. The molecule has 1 aliphatic heterocycles. The summed E-state index contributed by atoms with van der Waals surface area (Å²) in [5, 5.41) is 22.8. The van der Waals surface area contributed by atoms with Crippen molar-refractivity contribution in [1.29, 1.82) is 5.41 Å². The van der Waals surface area contributed by atoms with Gasteiger partial charge in [0.15, 0.2) is 0 Å². The third kappa shape index (κ3) is 8.08. The summed E-state index contributed by atoms with van der Waals surface area (Å²) >= 11 is 0. The predicted octanol–water partition coefficient (Wildman–Crippen LogP) is 3.51. The lowest BCUT2D eigenvalue weighted by atomic mass is 10.1. The molecule has 0 aromatic heterocycles. The Morgan fingerprint density at radius 3 is 2.73 bits per heavy atom. The third-order valence-electron chi connectivity index (χ3n) is 4.76. The zero-order valence-corrected chi connectivity index (χ0v) is 18.5. The van der Waals surface area contributed by atoms with Gasteiger partial charge in [-0.3, -0.25) is 15.0 Å². The average Bonchev–Trinajstić information content (AvgIpc) is 3.15. The molecule has 1 aliphatic rings. The minimum Gasteiger partial charge on any atom is -0.690 e. The van der Waals surface area contributed by atoms with E-state index in [0.29, 0.717) is 30.9 Å². The Balaban J connectivity index is 2.01. The van der Waals surface area contributed by atoms with Crippen molar-refractivity contribution in [2.45, 2.75) is 32.9 Å². The molecule has 0 spiro atoms. The Bertz CT molecular complexity index is 900. The van der Waals surface area contributed by atoms with Gasteiger partial charge in [0.2, 0.25) is 5.91 Å². The molecule has 2 rings (SSSR count). The van der Waals surface area contributed by atoms with Crippen LogP contribution in [0.5, 0.6) is 5.75 Å². The normalized spacial score (nSPS) is 13.8. The van der Waals surface area contributed by atoms with Crippen LogP contribution in [0, 0.1) is 11.3 Å². The molecule has 1 aromatic rings. The van der Waals surface area contributed by atoms with Crippen molar-refractivity contribution in [3.8, 4) is 5.75 Å². The standard InChI is InChI=1S/C22H29F3N4O4/c1-14(2)10-28-11-16(21(26)22(23,24)25)13-33-17-3-4-18-15(9-17)6-8-29(18)19(30)12-27-7-5-20(31)32/h3-4,9,11,14,27H,5-8,10,12-13H2,1-2H3,(H3,26,28,31,32)/p-1. The molecular formula is C22H28F3N4O4-. The highest BCUT2D eigenvalue weighted by atomic mass is 19.4. The fourth-order valence-electron chi connectivity index (χ4n) is 3.10. The Labute approximate surface area is 190 Å². The summed E-state index contributed by atoms with van der Waals surface area (Å²) in [7, 11) is 0. The molecule has 182 valence electrons. The minimum atomic E-state index is -4.81. The number of hydrogen-bond donors (Lipinski definition) is 3. The minimum absolute atomic E-state index is 0.00143. The second-order valence-corrected chi connectivity index (χ2v) is 7.98. The first-order chi connectivity index (χ1) is 15.5. The second-order valence-electron chi connectivity index (χ2n) is 7.98. The Kier molecular flexibility index (Phi) is 9.27. The van der Waals surface area contributed by atoms with Gasteiger partial charge in [0.05, 0.1) is 13.0 Å². The van der Waals surface area contributed by atoms with Crippen LogP contribution in [0.1, 0.15) is 25.8 Å². The largest absolute Gasteiger partial charge is 0.690 e. The number of anilines is 1. The Morgan fingerprint density at radius 2 is 2.09 bits per heavy atom. The van der Waals surface area contributed by atoms with Crippen LogP contribution in [0.2, 0.25) is 0 Å². The van der Waals surface area contributed by atoms with Crippen molar-refractivity contribution < 1.29 is 32.6 Å². The van der Waals surface area contributed by atoms with E-state index in [2.05, 4.69) is 10.6 Å². The van der Waals surface area contributed by atoms with Crippen molar-refractivity contribution in [2.24, 2.45) is 5.92 Å². The van der Waals surface area contributed by atoms with Gasteiger partial charge in [-0.2, -0.15) is 19.4 Å². The van der Waals surface area contributed by atoms with Gasteiger partial charge in [0.25, 0.3) is 0 Å². The number of benzene rings is 1. The number of carboxylic acid groups (broad SMARTS) is 1. The molecule has 0 unspecified atom stereocenters. The molecule has 8 nitrogen and oxygen atoms in total. The summed E-state index contributed by atoms with van der Waals surface area (Å²) in [4.78, 5) is 24.5. The van der Waals surface area contributed by atoms with Crippen molar-refractivity contribution in [3.05, 3.63) is 40.9 Å². The number of carboxylic acids is 1. The van der Waals surface area contributed by atoms with E-state index >= 15 is 0 Å². The summed E-state index contributed by atoms with van der Waals surface area (Å²) in [6, 6.07) is 4.89. The van der Waals surface area contributed by atoms with Gasteiger partial charge >= 0.3 is 12.1 Å². The van der Waals surface area contributed by atoms with Crippen LogP contribution in [-0.2, 0) is 16.0 Å². The molecule has 33 heavy (non-hydrogen) atoms. The van der Waals surface area contributed by atoms with Crippen LogP contribution >= 0.6 is 0 Å². The van der Waals surface area contributed by atoms with Crippen molar-refractivity contribution in [2.75, 3.05) is 37.7 Å². The lowest BCUT2D eigenvalue weighted by Crippen LogP contribution is -2.37. The number of nitrogens with zero attached hydrogens (tertiary/aromatic N) is 2. The number of carbonyl (C=O) groups excluding carboxylic acids is 1. The first-order valence-electron chi connectivity index (χ1n) is 10.5. The maximum absolute atomic E-state index is 13.0. The molecule has 3 N–H and O–H groups in total. The smallest absolute Gasteiger partial charge is 0.432 e. The number of hydrogen-bond acceptors (Lipinski definition) is 5. The fourth-order valence-corrected chi connectivity index (χ4v) is 3.10. The van der Waals surface area contributed by atoms with Gasteiger partial charge in [-0.05, 0) is 35.8 Å². The van der Waals surface area contributed by atoms with Crippen LogP contribution in [0.15, 0.2) is 30.0 Å². The highest BCUT2D eigenvalue weighted by molar-refractivity contribution is 6.02. The number of rotatable bonds is 12. The van der Waals surface area contributed by atoms with Gasteiger partial charge in [-0.1, -0.05) is 19.8 Å². The number of halogens is 3. The first kappa shape index (κ1) is 26.2. The van der Waals surface area contributed by atoms with E-state index in [0.717, 1.165) is 11.8 Å². The zero-order chi connectivity index (χ0) is 24.6. The molecule has 0 radical (unpaired) electrons. The summed E-state index contributed by atoms with van der Waals surface area (Å²) in [6.45, 7) is 4.26. The van der Waals surface area contributed by atoms with Gasteiger partial charge in [0.1, 0.15) is 18.1 Å². The SMILES string of the molecule is CC(C)C[N-]/C=C(/COc1ccc2c(c1)CCN2C(=O)CNCCC(=O)O)C(=N)C(F)(F)F. The first-order valence-corrected chi connectivity index (χ1v) is 10.5. The molecule has 1 heterocycles. The zero-order valence-electron chi connectivity index (χ0n) is 18.5. The molecule has 0 fully saturated rings. The summed E-state index contributed by atoms with van der Waals surface area (Å²) in [6.07, 6.45) is -3.30. The number of alkyl halides is 3. The highest BCUT2D eigenvalue weighted by Crippen LogP contribution is 2.32. The van der Waals surface area contributed by atoms with Crippen LogP contribution in [0.25, 0.3) is 5.32 Å². The predicted molar refractivity (Wildman–Crippen MR) is 118 cm³/mol. The molecule has 0 bridgehead atoms. The lowest BCUT2D eigenvalue weighted by Gasteiger charge is -2.22. The van der Waals surface area contributed by atoms with Gasteiger partial charge in [-0.15, -0.1) is 6.54 Å². The molecule has 0 atom stereocenters. The quantitative estimate of drug-likeness (QED) is 0.320. The highest BCUT2D eigenvalue weighted by Gasteiger charge is 2.36. The number of amides is 1. The van der Waals surface area contributed by atoms with Gasteiger partial charge in [0, 0.05) is 18.8 Å². The summed E-state index contributed by atoms with van der Waals surface area (Å²) < 4.78 is 44.6.